The monoisotopic (exact) mass is 318 g/mol. The quantitative estimate of drug-likeness (QED) is 0.813. The molecule has 116 valence electrons. The lowest BCUT2D eigenvalue weighted by atomic mass is 10.0. The van der Waals surface area contributed by atoms with E-state index in [1.54, 1.807) is 0 Å². The van der Waals surface area contributed by atoms with E-state index in [2.05, 4.69) is 0 Å². The molecule has 0 aliphatic carbocycles. The van der Waals surface area contributed by atoms with Crippen LogP contribution in [0.2, 0.25) is 0 Å². The molecular weight excluding hydrogens is 300 g/mol. The standard InChI is InChI=1S/C17H18O4S/c18-17(10-13-8-9-22(19,20)12-13)21-11-15-6-3-5-14-4-1-2-7-16(14)15/h1-7,13H,8-12H2/t13-/m1/s1. The van der Waals surface area contributed by atoms with Crippen LogP contribution in [-0.2, 0) is 26.0 Å². The Hall–Kier alpha value is -1.88. The number of carbonyl (C=O) groups excluding carboxylic acids is 1. The molecule has 4 nitrogen and oxygen atoms in total. The second-order valence-electron chi connectivity index (χ2n) is 5.77. The first-order valence-electron chi connectivity index (χ1n) is 7.36. The molecule has 2 aromatic carbocycles. The van der Waals surface area contributed by atoms with E-state index in [0.717, 1.165) is 16.3 Å². The van der Waals surface area contributed by atoms with Crippen LogP contribution in [0.5, 0.6) is 0 Å². The van der Waals surface area contributed by atoms with E-state index in [1.807, 2.05) is 42.5 Å². The molecule has 1 fully saturated rings. The topological polar surface area (TPSA) is 60.4 Å². The SMILES string of the molecule is O=C(C[C@H]1CCS(=O)(=O)C1)OCc1cccc2ccccc12. The van der Waals surface area contributed by atoms with Crippen molar-refractivity contribution in [3.8, 4) is 0 Å². The Balaban J connectivity index is 1.61. The van der Waals surface area contributed by atoms with E-state index in [1.165, 1.54) is 0 Å². The zero-order valence-electron chi connectivity index (χ0n) is 12.2. The van der Waals surface area contributed by atoms with Gasteiger partial charge in [0.15, 0.2) is 9.84 Å². The van der Waals surface area contributed by atoms with Crippen molar-refractivity contribution in [2.24, 2.45) is 5.92 Å². The highest BCUT2D eigenvalue weighted by molar-refractivity contribution is 7.91. The average Bonchev–Trinajstić information content (AvgIpc) is 2.84. The van der Waals surface area contributed by atoms with Gasteiger partial charge in [0.25, 0.3) is 0 Å². The Morgan fingerprint density at radius 1 is 1.14 bits per heavy atom. The van der Waals surface area contributed by atoms with Crippen LogP contribution in [0.1, 0.15) is 18.4 Å². The molecule has 0 amide bonds. The highest BCUT2D eigenvalue weighted by Crippen LogP contribution is 2.23. The average molecular weight is 318 g/mol. The maximum atomic E-state index is 11.9. The third-order valence-electron chi connectivity index (χ3n) is 4.05. The molecule has 1 atom stereocenters. The van der Waals surface area contributed by atoms with Gasteiger partial charge in [0.2, 0.25) is 0 Å². The number of fused-ring (bicyclic) bond motifs is 1. The van der Waals surface area contributed by atoms with Crippen molar-refractivity contribution in [1.82, 2.24) is 0 Å². The maximum Gasteiger partial charge on any atom is 0.306 e. The second kappa shape index (κ2) is 6.08. The summed E-state index contributed by atoms with van der Waals surface area (Å²) in [5.74, 6) is -0.120. The fourth-order valence-corrected chi connectivity index (χ4v) is 4.77. The number of sulfone groups is 1. The number of benzene rings is 2. The summed E-state index contributed by atoms with van der Waals surface area (Å²) in [4.78, 5) is 11.9. The van der Waals surface area contributed by atoms with Gasteiger partial charge in [0.1, 0.15) is 6.61 Å². The highest BCUT2D eigenvalue weighted by Gasteiger charge is 2.29. The molecule has 2 aromatic rings. The van der Waals surface area contributed by atoms with Crippen molar-refractivity contribution in [1.29, 1.82) is 0 Å². The van der Waals surface area contributed by atoms with Gasteiger partial charge in [-0.2, -0.15) is 0 Å². The Morgan fingerprint density at radius 2 is 1.91 bits per heavy atom. The molecular formula is C17H18O4S. The van der Waals surface area contributed by atoms with Crippen LogP contribution < -0.4 is 0 Å². The van der Waals surface area contributed by atoms with Gasteiger partial charge in [-0.3, -0.25) is 4.79 Å². The fourth-order valence-electron chi connectivity index (χ4n) is 2.90. The first-order valence-corrected chi connectivity index (χ1v) is 9.18. The number of ether oxygens (including phenoxy) is 1. The van der Waals surface area contributed by atoms with Crippen molar-refractivity contribution in [2.45, 2.75) is 19.4 Å². The third kappa shape index (κ3) is 3.47. The zero-order valence-corrected chi connectivity index (χ0v) is 13.0. The van der Waals surface area contributed by atoms with Gasteiger partial charge in [-0.25, -0.2) is 8.42 Å². The molecule has 0 radical (unpaired) electrons. The predicted octanol–water partition coefficient (Wildman–Crippen LogP) is 2.71. The summed E-state index contributed by atoms with van der Waals surface area (Å²) in [6.45, 7) is 0.222. The minimum Gasteiger partial charge on any atom is -0.461 e. The lowest BCUT2D eigenvalue weighted by Crippen LogP contribution is -2.13. The van der Waals surface area contributed by atoms with Crippen LogP contribution in [0.3, 0.4) is 0 Å². The van der Waals surface area contributed by atoms with Crippen LogP contribution in [0, 0.1) is 5.92 Å². The van der Waals surface area contributed by atoms with Crippen molar-refractivity contribution in [2.75, 3.05) is 11.5 Å². The van der Waals surface area contributed by atoms with E-state index < -0.39 is 9.84 Å². The van der Waals surface area contributed by atoms with Crippen molar-refractivity contribution in [3.05, 3.63) is 48.0 Å². The normalized spacial score (nSPS) is 20.1. The molecule has 1 aliphatic rings. The highest BCUT2D eigenvalue weighted by atomic mass is 32.2. The van der Waals surface area contributed by atoms with Crippen LogP contribution in [0.15, 0.2) is 42.5 Å². The van der Waals surface area contributed by atoms with Gasteiger partial charge in [-0.15, -0.1) is 0 Å². The number of hydrogen-bond acceptors (Lipinski definition) is 4. The van der Waals surface area contributed by atoms with E-state index in [0.29, 0.717) is 6.42 Å². The smallest absolute Gasteiger partial charge is 0.306 e. The molecule has 1 heterocycles. The lowest BCUT2D eigenvalue weighted by Gasteiger charge is -2.10. The molecule has 1 aliphatic heterocycles. The largest absolute Gasteiger partial charge is 0.461 e. The van der Waals surface area contributed by atoms with Crippen LogP contribution >= 0.6 is 0 Å². The third-order valence-corrected chi connectivity index (χ3v) is 5.89. The first kappa shape index (κ1) is 15.0. The fraction of sp³-hybridized carbons (Fsp3) is 0.353. The second-order valence-corrected chi connectivity index (χ2v) is 8.00. The minimum atomic E-state index is -2.94. The molecule has 0 N–H and O–H groups in total. The Morgan fingerprint density at radius 3 is 2.68 bits per heavy atom. The van der Waals surface area contributed by atoms with Gasteiger partial charge < -0.3 is 4.74 Å². The number of carbonyl (C=O) groups is 1. The number of hydrogen-bond donors (Lipinski definition) is 0. The summed E-state index contributed by atoms with van der Waals surface area (Å²) in [5.41, 5.74) is 0.963. The van der Waals surface area contributed by atoms with Gasteiger partial charge in [0, 0.05) is 6.42 Å². The summed E-state index contributed by atoms with van der Waals surface area (Å²) in [5, 5.41) is 2.18. The Labute approximate surface area is 130 Å². The Kier molecular flexibility index (Phi) is 4.16. The molecule has 0 aromatic heterocycles. The van der Waals surface area contributed by atoms with E-state index in [-0.39, 0.29) is 36.4 Å². The van der Waals surface area contributed by atoms with E-state index in [9.17, 15) is 13.2 Å². The van der Waals surface area contributed by atoms with E-state index in [4.69, 9.17) is 4.74 Å². The van der Waals surface area contributed by atoms with Gasteiger partial charge in [-0.05, 0) is 28.7 Å². The van der Waals surface area contributed by atoms with Crippen LogP contribution in [0.25, 0.3) is 10.8 Å². The molecule has 1 saturated heterocycles. The summed E-state index contributed by atoms with van der Waals surface area (Å²) >= 11 is 0. The summed E-state index contributed by atoms with van der Waals surface area (Å²) in [6.07, 6.45) is 0.746. The summed E-state index contributed by atoms with van der Waals surface area (Å²) < 4.78 is 28.1. The zero-order chi connectivity index (χ0) is 15.6. The van der Waals surface area contributed by atoms with Crippen LogP contribution in [0.4, 0.5) is 0 Å². The van der Waals surface area contributed by atoms with Crippen LogP contribution in [-0.4, -0.2) is 25.9 Å². The molecule has 0 spiro atoms. The number of rotatable bonds is 4. The maximum absolute atomic E-state index is 11.9. The first-order chi connectivity index (χ1) is 10.5. The van der Waals surface area contributed by atoms with Crippen molar-refractivity contribution >= 4 is 26.6 Å². The summed E-state index contributed by atoms with van der Waals surface area (Å²) in [7, 11) is -2.94. The molecule has 0 bridgehead atoms. The van der Waals surface area contributed by atoms with Crippen molar-refractivity contribution in [3.63, 3.8) is 0 Å². The molecule has 22 heavy (non-hydrogen) atoms. The minimum absolute atomic E-state index is 0.0926. The van der Waals surface area contributed by atoms with Gasteiger partial charge in [0.05, 0.1) is 11.5 Å². The lowest BCUT2D eigenvalue weighted by molar-refractivity contribution is -0.145. The molecule has 5 heteroatoms. The molecule has 0 unspecified atom stereocenters. The van der Waals surface area contributed by atoms with Crippen molar-refractivity contribution < 1.29 is 17.9 Å². The van der Waals surface area contributed by atoms with Gasteiger partial charge in [-0.1, -0.05) is 42.5 Å². The molecule has 3 rings (SSSR count). The molecule has 0 saturated carbocycles. The predicted molar refractivity (Wildman–Crippen MR) is 85.1 cm³/mol. The van der Waals surface area contributed by atoms with E-state index >= 15 is 0 Å². The summed E-state index contributed by atoms with van der Waals surface area (Å²) in [6, 6.07) is 13.8. The number of esters is 1. The Bertz CT molecular complexity index is 790. The van der Waals surface area contributed by atoms with Gasteiger partial charge >= 0.3 is 5.97 Å².